The number of carbonyl (C=O) groups is 1. The van der Waals surface area contributed by atoms with Crippen LogP contribution in [0.2, 0.25) is 0 Å². The molecule has 0 atom stereocenters. The first-order chi connectivity index (χ1) is 7.51. The summed E-state index contributed by atoms with van der Waals surface area (Å²) in [5.74, 6) is -2.53. The minimum Gasteiger partial charge on any atom is -0.494 e. The van der Waals surface area contributed by atoms with Crippen molar-refractivity contribution in [1.82, 2.24) is 0 Å². The molecule has 0 saturated heterocycles. The van der Waals surface area contributed by atoms with E-state index in [1.165, 1.54) is 14.2 Å². The van der Waals surface area contributed by atoms with Crippen molar-refractivity contribution in [2.45, 2.75) is 0 Å². The van der Waals surface area contributed by atoms with Gasteiger partial charge < -0.3 is 9.64 Å². The van der Waals surface area contributed by atoms with E-state index in [0.717, 1.165) is 17.0 Å². The molecule has 0 radical (unpaired) electrons. The first kappa shape index (κ1) is 12.7. The van der Waals surface area contributed by atoms with Crippen molar-refractivity contribution >= 4 is 23.2 Å². The van der Waals surface area contributed by atoms with E-state index < -0.39 is 17.5 Å². The van der Waals surface area contributed by atoms with Gasteiger partial charge in [-0.05, 0) is 0 Å². The maximum Gasteiger partial charge on any atom is 0.241 e. The highest BCUT2D eigenvalue weighted by Crippen LogP contribution is 2.26. The zero-order chi connectivity index (χ0) is 12.3. The Hall–Kier alpha value is -1.36. The molecule has 1 amide bonds. The van der Waals surface area contributed by atoms with Crippen LogP contribution in [-0.2, 0) is 4.79 Å². The summed E-state index contributed by atoms with van der Waals surface area (Å²) in [7, 11) is 2.54. The fourth-order valence-corrected chi connectivity index (χ4v) is 1.33. The lowest BCUT2D eigenvalue weighted by Gasteiger charge is -2.17. The normalized spacial score (nSPS) is 10.1. The Kier molecular flexibility index (Phi) is 4.06. The number of carbonyl (C=O) groups excluding carboxylic acids is 1. The molecule has 0 bridgehead atoms. The molecule has 3 nitrogen and oxygen atoms in total. The number of alkyl halides is 1. The number of hydrogen-bond donors (Lipinski definition) is 0. The Morgan fingerprint density at radius 1 is 1.44 bits per heavy atom. The molecule has 88 valence electrons. The summed E-state index contributed by atoms with van der Waals surface area (Å²) in [6, 6.07) is 1.77. The van der Waals surface area contributed by atoms with Crippen molar-refractivity contribution < 1.29 is 18.3 Å². The SMILES string of the molecule is COc1cc(F)c(N(C)C(=O)CCl)cc1F. The molecule has 0 aliphatic carbocycles. The zero-order valence-corrected chi connectivity index (χ0v) is 9.52. The van der Waals surface area contributed by atoms with Crippen LogP contribution in [0, 0.1) is 11.6 Å². The molecule has 1 aromatic rings. The van der Waals surface area contributed by atoms with E-state index >= 15 is 0 Å². The van der Waals surface area contributed by atoms with Gasteiger partial charge in [0.15, 0.2) is 17.4 Å². The summed E-state index contributed by atoms with van der Waals surface area (Å²) >= 11 is 5.32. The molecule has 0 spiro atoms. The second kappa shape index (κ2) is 5.12. The number of ether oxygens (including phenoxy) is 1. The number of methoxy groups -OCH3 is 1. The predicted octanol–water partition coefficient (Wildman–Crippen LogP) is 2.17. The number of nitrogens with zero attached hydrogens (tertiary/aromatic N) is 1. The Morgan fingerprint density at radius 3 is 2.56 bits per heavy atom. The van der Waals surface area contributed by atoms with Crippen LogP contribution in [0.4, 0.5) is 14.5 Å². The zero-order valence-electron chi connectivity index (χ0n) is 8.76. The van der Waals surface area contributed by atoms with Gasteiger partial charge in [-0.15, -0.1) is 11.6 Å². The van der Waals surface area contributed by atoms with Gasteiger partial charge in [0.25, 0.3) is 0 Å². The fourth-order valence-electron chi connectivity index (χ4n) is 1.16. The van der Waals surface area contributed by atoms with E-state index in [0.29, 0.717) is 0 Å². The lowest BCUT2D eigenvalue weighted by Crippen LogP contribution is -2.28. The maximum atomic E-state index is 13.5. The second-order valence-electron chi connectivity index (χ2n) is 3.02. The van der Waals surface area contributed by atoms with Crippen molar-refractivity contribution in [3.63, 3.8) is 0 Å². The van der Waals surface area contributed by atoms with Crippen molar-refractivity contribution in [2.75, 3.05) is 24.9 Å². The molecule has 0 heterocycles. The molecule has 1 rings (SSSR count). The summed E-state index contributed by atoms with van der Waals surface area (Å²) in [6.45, 7) is 0. The van der Waals surface area contributed by atoms with Crippen LogP contribution < -0.4 is 9.64 Å². The number of anilines is 1. The highest BCUT2D eigenvalue weighted by atomic mass is 35.5. The van der Waals surface area contributed by atoms with E-state index in [4.69, 9.17) is 11.6 Å². The molecule has 0 aliphatic heterocycles. The largest absolute Gasteiger partial charge is 0.494 e. The van der Waals surface area contributed by atoms with Gasteiger partial charge in [0.05, 0.1) is 12.8 Å². The van der Waals surface area contributed by atoms with Gasteiger partial charge in [0.2, 0.25) is 5.91 Å². The van der Waals surface area contributed by atoms with E-state index in [1.807, 2.05) is 0 Å². The van der Waals surface area contributed by atoms with Gasteiger partial charge in [-0.1, -0.05) is 0 Å². The lowest BCUT2D eigenvalue weighted by atomic mass is 10.2. The predicted molar refractivity (Wildman–Crippen MR) is 57.0 cm³/mol. The minimum atomic E-state index is -0.751. The number of rotatable bonds is 3. The van der Waals surface area contributed by atoms with Crippen LogP contribution in [0.25, 0.3) is 0 Å². The fraction of sp³-hybridized carbons (Fsp3) is 0.300. The van der Waals surface area contributed by atoms with Crippen molar-refractivity contribution in [3.05, 3.63) is 23.8 Å². The van der Waals surface area contributed by atoms with Crippen LogP contribution in [0.3, 0.4) is 0 Å². The van der Waals surface area contributed by atoms with E-state index in [-0.39, 0.29) is 17.3 Å². The molecule has 1 aromatic carbocycles. The second-order valence-corrected chi connectivity index (χ2v) is 3.29. The third-order valence-corrected chi connectivity index (χ3v) is 2.30. The summed E-state index contributed by atoms with van der Waals surface area (Å²) < 4.78 is 31.4. The summed E-state index contributed by atoms with van der Waals surface area (Å²) in [5, 5.41) is 0. The molecular formula is C10H10ClF2NO2. The highest BCUT2D eigenvalue weighted by Gasteiger charge is 2.17. The lowest BCUT2D eigenvalue weighted by molar-refractivity contribution is -0.116. The van der Waals surface area contributed by atoms with Crippen molar-refractivity contribution in [3.8, 4) is 5.75 Å². The van der Waals surface area contributed by atoms with Gasteiger partial charge in [-0.25, -0.2) is 8.78 Å². The first-order valence-electron chi connectivity index (χ1n) is 4.36. The standard InChI is InChI=1S/C10H10ClF2NO2/c1-14(10(15)5-11)8-3-7(13)9(16-2)4-6(8)12/h3-4H,5H2,1-2H3. The number of amides is 1. The molecule has 0 aromatic heterocycles. The van der Waals surface area contributed by atoms with E-state index in [9.17, 15) is 13.6 Å². The Balaban J connectivity index is 3.15. The Morgan fingerprint density at radius 2 is 2.06 bits per heavy atom. The number of benzene rings is 1. The van der Waals surface area contributed by atoms with Crippen LogP contribution in [0.1, 0.15) is 0 Å². The van der Waals surface area contributed by atoms with E-state index in [1.54, 1.807) is 0 Å². The van der Waals surface area contributed by atoms with Crippen molar-refractivity contribution in [2.24, 2.45) is 0 Å². The smallest absolute Gasteiger partial charge is 0.241 e. The molecule has 16 heavy (non-hydrogen) atoms. The average Bonchev–Trinajstić information content (AvgIpc) is 2.29. The Labute approximate surface area is 96.6 Å². The topological polar surface area (TPSA) is 29.5 Å². The molecule has 0 fully saturated rings. The van der Waals surface area contributed by atoms with Gasteiger partial charge in [0.1, 0.15) is 5.88 Å². The van der Waals surface area contributed by atoms with Gasteiger partial charge >= 0.3 is 0 Å². The third kappa shape index (κ3) is 2.41. The van der Waals surface area contributed by atoms with Gasteiger partial charge in [-0.3, -0.25) is 4.79 Å². The van der Waals surface area contributed by atoms with Crippen LogP contribution in [0.5, 0.6) is 5.75 Å². The van der Waals surface area contributed by atoms with Gasteiger partial charge in [0, 0.05) is 19.2 Å². The molecule has 0 unspecified atom stereocenters. The molecule has 0 aliphatic rings. The van der Waals surface area contributed by atoms with Crippen LogP contribution in [-0.4, -0.2) is 25.9 Å². The highest BCUT2D eigenvalue weighted by molar-refractivity contribution is 6.29. The van der Waals surface area contributed by atoms with Gasteiger partial charge in [-0.2, -0.15) is 0 Å². The monoisotopic (exact) mass is 249 g/mol. The quantitative estimate of drug-likeness (QED) is 0.769. The first-order valence-corrected chi connectivity index (χ1v) is 4.90. The summed E-state index contributed by atoms with van der Waals surface area (Å²) in [5.41, 5.74) is -0.177. The third-order valence-electron chi connectivity index (χ3n) is 2.07. The molecule has 6 heteroatoms. The molecule has 0 saturated carbocycles. The summed E-state index contributed by atoms with van der Waals surface area (Å²) in [4.78, 5) is 12.2. The number of hydrogen-bond acceptors (Lipinski definition) is 2. The average molecular weight is 250 g/mol. The van der Waals surface area contributed by atoms with E-state index in [2.05, 4.69) is 4.74 Å². The number of halogens is 3. The summed E-state index contributed by atoms with van der Waals surface area (Å²) in [6.07, 6.45) is 0. The molecule has 0 N–H and O–H groups in total. The Bertz CT molecular complexity index is 412. The minimum absolute atomic E-state index is 0.177. The molecular weight excluding hydrogens is 240 g/mol. The van der Waals surface area contributed by atoms with Crippen molar-refractivity contribution in [1.29, 1.82) is 0 Å². The van der Waals surface area contributed by atoms with Crippen LogP contribution in [0.15, 0.2) is 12.1 Å². The van der Waals surface area contributed by atoms with Crippen LogP contribution >= 0.6 is 11.6 Å². The maximum absolute atomic E-state index is 13.5.